The molecule has 188 valence electrons. The van der Waals surface area contributed by atoms with Crippen molar-refractivity contribution in [2.75, 3.05) is 5.32 Å². The Labute approximate surface area is 215 Å². The van der Waals surface area contributed by atoms with E-state index >= 15 is 0 Å². The van der Waals surface area contributed by atoms with E-state index in [1.807, 2.05) is 26.0 Å². The van der Waals surface area contributed by atoms with Gasteiger partial charge in [-0.25, -0.2) is 9.37 Å². The number of aromatic amines is 2. The zero-order valence-corrected chi connectivity index (χ0v) is 20.3. The number of rotatable bonds is 5. The van der Waals surface area contributed by atoms with Crippen LogP contribution in [0.3, 0.4) is 0 Å². The van der Waals surface area contributed by atoms with Crippen LogP contribution in [0.15, 0.2) is 61.2 Å². The van der Waals surface area contributed by atoms with Crippen molar-refractivity contribution in [1.29, 1.82) is 0 Å². The number of phenolic OH excluding ortho intramolecular Hbond substituents is 1. The molecule has 0 aliphatic heterocycles. The number of carbonyl (C=O) groups is 1. The first-order valence-corrected chi connectivity index (χ1v) is 11.8. The van der Waals surface area contributed by atoms with Crippen molar-refractivity contribution in [3.05, 3.63) is 67.0 Å². The van der Waals surface area contributed by atoms with Crippen molar-refractivity contribution in [2.24, 2.45) is 5.92 Å². The number of imidazole rings is 1. The van der Waals surface area contributed by atoms with Gasteiger partial charge in [-0.2, -0.15) is 5.10 Å². The number of hydrogen-bond donors (Lipinski definition) is 4. The molecular weight excluding hydrogens is 487 g/mol. The number of amides is 1. The maximum absolute atomic E-state index is 14.0. The molecule has 6 aromatic rings. The molecule has 0 saturated heterocycles. The fourth-order valence-corrected chi connectivity index (χ4v) is 4.16. The molecule has 0 aliphatic carbocycles. The highest BCUT2D eigenvalue weighted by Gasteiger charge is 2.18. The Balaban J connectivity index is 1.42. The first-order chi connectivity index (χ1) is 18.4. The van der Waals surface area contributed by atoms with Crippen LogP contribution in [0.2, 0.25) is 0 Å². The second kappa shape index (κ2) is 9.04. The van der Waals surface area contributed by atoms with E-state index in [-0.39, 0.29) is 17.6 Å². The van der Waals surface area contributed by atoms with Crippen LogP contribution in [0.4, 0.5) is 10.1 Å². The molecule has 0 saturated carbocycles. The largest absolute Gasteiger partial charge is 0.508 e. The molecule has 5 aromatic heterocycles. The Morgan fingerprint density at radius 2 is 1.87 bits per heavy atom. The van der Waals surface area contributed by atoms with Crippen LogP contribution in [0.1, 0.15) is 13.8 Å². The van der Waals surface area contributed by atoms with E-state index in [0.29, 0.717) is 50.7 Å². The number of carbonyl (C=O) groups excluding carboxylic acids is 1. The standard InChI is InChI=1S/C27H21FN8O2/c1-13(2)27(38)32-17-6-15(10-29-11-17)21-9-19-22(12-31-21)35-36-24(19)26-33-20-3-4-30-23(25(20)34-26)14-5-16(28)8-18(37)7-14/h3-13,37H,1-2H3,(H,32,38)(H,33,34)(H,35,36). The summed E-state index contributed by atoms with van der Waals surface area (Å²) in [6.45, 7) is 3.64. The van der Waals surface area contributed by atoms with Crippen molar-refractivity contribution < 1.29 is 14.3 Å². The second-order valence-electron chi connectivity index (χ2n) is 9.13. The lowest BCUT2D eigenvalue weighted by molar-refractivity contribution is -0.118. The van der Waals surface area contributed by atoms with Gasteiger partial charge in [-0.05, 0) is 30.3 Å². The summed E-state index contributed by atoms with van der Waals surface area (Å²) in [7, 11) is 0. The molecule has 0 unspecified atom stereocenters. The Morgan fingerprint density at radius 1 is 1.00 bits per heavy atom. The Kier molecular flexibility index (Phi) is 5.52. The maximum atomic E-state index is 14.0. The highest BCUT2D eigenvalue weighted by molar-refractivity contribution is 5.97. The van der Waals surface area contributed by atoms with Gasteiger partial charge in [0.2, 0.25) is 5.91 Å². The van der Waals surface area contributed by atoms with E-state index in [4.69, 9.17) is 4.98 Å². The zero-order valence-electron chi connectivity index (χ0n) is 20.3. The first kappa shape index (κ1) is 23.2. The van der Waals surface area contributed by atoms with Crippen LogP contribution in [0, 0.1) is 11.7 Å². The van der Waals surface area contributed by atoms with Gasteiger partial charge < -0.3 is 15.4 Å². The quantitative estimate of drug-likeness (QED) is 0.254. The Bertz CT molecular complexity index is 1820. The number of H-pyrrole nitrogens is 2. The summed E-state index contributed by atoms with van der Waals surface area (Å²) in [5.41, 5.74) is 5.23. The minimum absolute atomic E-state index is 0.100. The average molecular weight is 509 g/mol. The highest BCUT2D eigenvalue weighted by atomic mass is 19.1. The number of nitrogens with zero attached hydrogens (tertiary/aromatic N) is 5. The molecule has 0 bridgehead atoms. The molecule has 11 heteroatoms. The zero-order chi connectivity index (χ0) is 26.4. The topological polar surface area (TPSA) is 145 Å². The number of pyridine rings is 3. The minimum atomic E-state index is -0.574. The second-order valence-corrected chi connectivity index (χ2v) is 9.13. The van der Waals surface area contributed by atoms with Crippen LogP contribution < -0.4 is 5.32 Å². The molecule has 10 nitrogen and oxygen atoms in total. The Hall–Kier alpha value is -5.19. The lowest BCUT2D eigenvalue weighted by atomic mass is 10.1. The van der Waals surface area contributed by atoms with Crippen molar-refractivity contribution in [2.45, 2.75) is 13.8 Å². The van der Waals surface area contributed by atoms with Gasteiger partial charge in [0.05, 0.1) is 40.5 Å². The molecule has 6 rings (SSSR count). The summed E-state index contributed by atoms with van der Waals surface area (Å²) in [6.07, 6.45) is 6.52. The fourth-order valence-electron chi connectivity index (χ4n) is 4.16. The summed E-state index contributed by atoms with van der Waals surface area (Å²) in [6, 6.07) is 9.21. The van der Waals surface area contributed by atoms with Gasteiger partial charge in [0.25, 0.3) is 0 Å². The molecule has 0 atom stereocenters. The van der Waals surface area contributed by atoms with E-state index in [0.717, 1.165) is 17.0 Å². The van der Waals surface area contributed by atoms with Gasteiger partial charge in [-0.1, -0.05) is 13.8 Å². The molecule has 0 fully saturated rings. The molecule has 0 aliphatic rings. The van der Waals surface area contributed by atoms with Crippen LogP contribution in [-0.4, -0.2) is 46.1 Å². The predicted molar refractivity (Wildman–Crippen MR) is 141 cm³/mol. The molecule has 38 heavy (non-hydrogen) atoms. The van der Waals surface area contributed by atoms with E-state index in [9.17, 15) is 14.3 Å². The fraction of sp³-hybridized carbons (Fsp3) is 0.111. The van der Waals surface area contributed by atoms with Gasteiger partial charge >= 0.3 is 0 Å². The van der Waals surface area contributed by atoms with Crippen LogP contribution in [-0.2, 0) is 4.79 Å². The summed E-state index contributed by atoms with van der Waals surface area (Å²) in [4.78, 5) is 33.2. The van der Waals surface area contributed by atoms with Crippen LogP contribution >= 0.6 is 0 Å². The van der Waals surface area contributed by atoms with Crippen molar-refractivity contribution in [1.82, 2.24) is 35.1 Å². The molecular formula is C27H21FN8O2. The van der Waals surface area contributed by atoms with Crippen LogP contribution in [0.25, 0.3) is 56.0 Å². The van der Waals surface area contributed by atoms with E-state index in [2.05, 4.69) is 35.5 Å². The molecule has 1 amide bonds. The molecule has 4 N–H and O–H groups in total. The molecule has 0 radical (unpaired) electrons. The van der Waals surface area contributed by atoms with E-state index in [1.165, 1.54) is 12.1 Å². The van der Waals surface area contributed by atoms with Gasteiger partial charge in [0, 0.05) is 40.9 Å². The van der Waals surface area contributed by atoms with Crippen molar-refractivity contribution in [3.8, 4) is 39.8 Å². The van der Waals surface area contributed by atoms with Crippen molar-refractivity contribution >= 4 is 33.5 Å². The number of anilines is 1. The number of hydrogen-bond acceptors (Lipinski definition) is 7. The van der Waals surface area contributed by atoms with Crippen molar-refractivity contribution in [3.63, 3.8) is 0 Å². The highest BCUT2D eigenvalue weighted by Crippen LogP contribution is 2.33. The third-order valence-corrected chi connectivity index (χ3v) is 6.05. The normalized spacial score (nSPS) is 11.5. The average Bonchev–Trinajstić information content (AvgIpc) is 3.51. The van der Waals surface area contributed by atoms with Gasteiger partial charge in [-0.3, -0.25) is 24.8 Å². The smallest absolute Gasteiger partial charge is 0.226 e. The monoisotopic (exact) mass is 508 g/mol. The lowest BCUT2D eigenvalue weighted by Crippen LogP contribution is -2.17. The van der Waals surface area contributed by atoms with E-state index in [1.54, 1.807) is 30.9 Å². The minimum Gasteiger partial charge on any atom is -0.508 e. The summed E-state index contributed by atoms with van der Waals surface area (Å²) < 4.78 is 14.0. The van der Waals surface area contributed by atoms with Gasteiger partial charge in [0.15, 0.2) is 5.82 Å². The van der Waals surface area contributed by atoms with Gasteiger partial charge in [-0.15, -0.1) is 0 Å². The van der Waals surface area contributed by atoms with Crippen LogP contribution in [0.5, 0.6) is 5.75 Å². The van der Waals surface area contributed by atoms with Gasteiger partial charge in [0.1, 0.15) is 22.8 Å². The third kappa shape index (κ3) is 4.19. The summed E-state index contributed by atoms with van der Waals surface area (Å²) in [5.74, 6) is -0.552. The Morgan fingerprint density at radius 3 is 2.68 bits per heavy atom. The maximum Gasteiger partial charge on any atom is 0.226 e. The number of phenols is 1. The number of nitrogens with one attached hydrogen (secondary N) is 3. The summed E-state index contributed by atoms with van der Waals surface area (Å²) >= 11 is 0. The number of aromatic nitrogens is 7. The lowest BCUT2D eigenvalue weighted by Gasteiger charge is -2.08. The predicted octanol–water partition coefficient (Wildman–Crippen LogP) is 5.06. The first-order valence-electron chi connectivity index (χ1n) is 11.8. The third-order valence-electron chi connectivity index (χ3n) is 6.05. The molecule has 5 heterocycles. The SMILES string of the molecule is CC(C)C(=O)Nc1cncc(-c2cc3c(-c4nc5c(-c6cc(O)cc(F)c6)nccc5[nH]4)n[nH]c3cn2)c1. The molecule has 0 spiro atoms. The number of benzene rings is 1. The van der Waals surface area contributed by atoms with E-state index < -0.39 is 5.82 Å². The molecule has 1 aromatic carbocycles. The number of halogens is 1. The summed E-state index contributed by atoms with van der Waals surface area (Å²) in [5, 5.41) is 20.9. The number of fused-ring (bicyclic) bond motifs is 2. The number of aromatic hydroxyl groups is 1.